The lowest BCUT2D eigenvalue weighted by molar-refractivity contribution is 0.0368. The van der Waals surface area contributed by atoms with E-state index in [2.05, 4.69) is 18.8 Å². The van der Waals surface area contributed by atoms with Crippen LogP contribution in [0.4, 0.5) is 0 Å². The zero-order valence-electron chi connectivity index (χ0n) is 9.88. The molecule has 14 heavy (non-hydrogen) atoms. The monoisotopic (exact) mass is 212 g/mol. The SMILES string of the molecule is CS(C)(C)C12CC3CC(CC(C3)C1)C2. The molecular weight excluding hydrogens is 188 g/mol. The quantitative estimate of drug-likeness (QED) is 0.622. The van der Waals surface area contributed by atoms with Crippen LogP contribution in [0.5, 0.6) is 0 Å². The summed E-state index contributed by atoms with van der Waals surface area (Å²) >= 11 is 0. The molecule has 4 rings (SSSR count). The maximum Gasteiger partial charge on any atom is 0.000312 e. The number of rotatable bonds is 1. The molecule has 0 heterocycles. The Bertz CT molecular complexity index is 213. The lowest BCUT2D eigenvalue weighted by Crippen LogP contribution is -2.52. The van der Waals surface area contributed by atoms with Crippen molar-refractivity contribution in [1.29, 1.82) is 0 Å². The highest BCUT2D eigenvalue weighted by molar-refractivity contribution is 8.33. The van der Waals surface area contributed by atoms with E-state index in [0.29, 0.717) is 0 Å². The van der Waals surface area contributed by atoms with E-state index in [-0.39, 0.29) is 10.0 Å². The maximum atomic E-state index is 2.57. The molecule has 0 spiro atoms. The van der Waals surface area contributed by atoms with Crippen molar-refractivity contribution in [3.05, 3.63) is 0 Å². The molecule has 0 nitrogen and oxygen atoms in total. The Hall–Kier alpha value is 0.350. The second-order valence-corrected chi connectivity index (χ2v) is 11.5. The molecule has 82 valence electrons. The second kappa shape index (κ2) is 2.72. The first kappa shape index (κ1) is 9.57. The van der Waals surface area contributed by atoms with Gasteiger partial charge < -0.3 is 0 Å². The van der Waals surface area contributed by atoms with Gasteiger partial charge in [0, 0.05) is 4.75 Å². The summed E-state index contributed by atoms with van der Waals surface area (Å²) in [4.78, 5) is 0. The van der Waals surface area contributed by atoms with Crippen molar-refractivity contribution in [2.45, 2.75) is 43.3 Å². The van der Waals surface area contributed by atoms with Crippen LogP contribution >= 0.6 is 10.0 Å². The summed E-state index contributed by atoms with van der Waals surface area (Å²) in [6.07, 6.45) is 17.3. The van der Waals surface area contributed by atoms with E-state index < -0.39 is 0 Å². The first-order chi connectivity index (χ1) is 6.48. The summed E-state index contributed by atoms with van der Waals surface area (Å²) in [5.41, 5.74) is 0. The molecule has 0 aliphatic heterocycles. The van der Waals surface area contributed by atoms with Crippen LogP contribution in [0.15, 0.2) is 0 Å². The van der Waals surface area contributed by atoms with Crippen LogP contribution in [0.25, 0.3) is 0 Å². The number of hydrogen-bond acceptors (Lipinski definition) is 0. The summed E-state index contributed by atoms with van der Waals surface area (Å²) in [7, 11) is -0.322. The molecule has 0 aromatic carbocycles. The molecule has 1 heteroatoms. The van der Waals surface area contributed by atoms with Crippen LogP contribution in [0.3, 0.4) is 0 Å². The average Bonchev–Trinajstić information content (AvgIpc) is 1.98. The van der Waals surface area contributed by atoms with Gasteiger partial charge in [-0.3, -0.25) is 0 Å². The lowest BCUT2D eigenvalue weighted by Gasteiger charge is -2.63. The fourth-order valence-electron chi connectivity index (χ4n) is 4.78. The van der Waals surface area contributed by atoms with E-state index in [0.717, 1.165) is 22.5 Å². The molecule has 0 saturated heterocycles. The first-order valence-corrected chi connectivity index (χ1v) is 9.02. The van der Waals surface area contributed by atoms with Crippen LogP contribution < -0.4 is 0 Å². The van der Waals surface area contributed by atoms with Gasteiger partial charge in [-0.1, -0.05) is 0 Å². The van der Waals surface area contributed by atoms with Crippen LogP contribution in [0.1, 0.15) is 38.5 Å². The molecule has 4 bridgehead atoms. The van der Waals surface area contributed by atoms with E-state index in [4.69, 9.17) is 0 Å². The Labute approximate surface area is 90.2 Å². The highest BCUT2D eigenvalue weighted by atomic mass is 32.3. The normalized spacial score (nSPS) is 52.4. The maximum absolute atomic E-state index is 2.57. The van der Waals surface area contributed by atoms with Crippen molar-refractivity contribution in [3.63, 3.8) is 0 Å². The predicted octanol–water partition coefficient (Wildman–Crippen LogP) is 3.65. The van der Waals surface area contributed by atoms with Crippen LogP contribution in [0.2, 0.25) is 0 Å². The standard InChI is InChI=1S/C13H24S/c1-14(2,3)13-7-10-4-11(8-13)6-12(5-10)9-13/h10-12H,4-9H2,1-3H3. The Kier molecular flexibility index (Phi) is 1.86. The van der Waals surface area contributed by atoms with Gasteiger partial charge in [-0.25, -0.2) is 10.0 Å². The summed E-state index contributed by atoms with van der Waals surface area (Å²) < 4.78 is 0.821. The smallest absolute Gasteiger partial charge is 0.000312 e. The van der Waals surface area contributed by atoms with E-state index in [1.807, 2.05) is 0 Å². The van der Waals surface area contributed by atoms with Crippen molar-refractivity contribution in [3.8, 4) is 0 Å². The Morgan fingerprint density at radius 2 is 1.14 bits per heavy atom. The lowest BCUT2D eigenvalue weighted by atomic mass is 9.56. The second-order valence-electron chi connectivity index (χ2n) is 6.94. The predicted molar refractivity (Wildman–Crippen MR) is 66.3 cm³/mol. The summed E-state index contributed by atoms with van der Waals surface area (Å²) in [6.45, 7) is 0. The van der Waals surface area contributed by atoms with Crippen molar-refractivity contribution in [2.75, 3.05) is 18.8 Å². The summed E-state index contributed by atoms with van der Waals surface area (Å²) in [6, 6.07) is 0. The minimum absolute atomic E-state index is 0.322. The minimum Gasteiger partial charge on any atom is -0.244 e. The van der Waals surface area contributed by atoms with Crippen LogP contribution in [0, 0.1) is 17.8 Å². The molecular formula is C13H24S. The fraction of sp³-hybridized carbons (Fsp3) is 1.00. The van der Waals surface area contributed by atoms with Gasteiger partial charge in [-0.05, 0) is 75.0 Å². The Morgan fingerprint density at radius 3 is 1.43 bits per heavy atom. The molecule has 0 atom stereocenters. The van der Waals surface area contributed by atoms with Crippen LogP contribution in [-0.4, -0.2) is 23.5 Å². The van der Waals surface area contributed by atoms with Gasteiger partial charge in [0.05, 0.1) is 0 Å². The van der Waals surface area contributed by atoms with Gasteiger partial charge in [0.2, 0.25) is 0 Å². The summed E-state index contributed by atoms with van der Waals surface area (Å²) in [5, 5.41) is 0. The zero-order chi connectivity index (χ0) is 9.97. The molecule has 0 aromatic heterocycles. The third kappa shape index (κ3) is 1.20. The average molecular weight is 212 g/mol. The Morgan fingerprint density at radius 1 is 0.786 bits per heavy atom. The third-order valence-corrected chi connectivity index (χ3v) is 8.38. The molecule has 0 unspecified atom stereocenters. The minimum atomic E-state index is -0.322. The summed E-state index contributed by atoms with van der Waals surface area (Å²) in [5.74, 6) is 3.40. The number of hydrogen-bond donors (Lipinski definition) is 0. The van der Waals surface area contributed by atoms with Gasteiger partial charge in [0.15, 0.2) is 0 Å². The van der Waals surface area contributed by atoms with E-state index in [1.165, 1.54) is 0 Å². The van der Waals surface area contributed by atoms with E-state index in [9.17, 15) is 0 Å². The van der Waals surface area contributed by atoms with Gasteiger partial charge in [-0.15, -0.1) is 0 Å². The largest absolute Gasteiger partial charge is 0.244 e. The van der Waals surface area contributed by atoms with Crippen molar-refractivity contribution in [2.24, 2.45) is 17.8 Å². The highest BCUT2D eigenvalue weighted by Gasteiger charge is 2.54. The van der Waals surface area contributed by atoms with Crippen molar-refractivity contribution in [1.82, 2.24) is 0 Å². The highest BCUT2D eigenvalue weighted by Crippen LogP contribution is 2.68. The van der Waals surface area contributed by atoms with Crippen molar-refractivity contribution < 1.29 is 0 Å². The van der Waals surface area contributed by atoms with Gasteiger partial charge >= 0.3 is 0 Å². The van der Waals surface area contributed by atoms with Gasteiger partial charge in [0.25, 0.3) is 0 Å². The van der Waals surface area contributed by atoms with E-state index in [1.54, 1.807) is 38.5 Å². The topological polar surface area (TPSA) is 0 Å². The molecule has 4 aliphatic rings. The van der Waals surface area contributed by atoms with E-state index >= 15 is 0 Å². The van der Waals surface area contributed by atoms with Crippen molar-refractivity contribution >= 4 is 10.0 Å². The third-order valence-electron chi connectivity index (χ3n) is 5.28. The molecule has 0 N–H and O–H groups in total. The Balaban J connectivity index is 1.95. The van der Waals surface area contributed by atoms with Gasteiger partial charge in [-0.2, -0.15) is 0 Å². The molecule has 0 radical (unpaired) electrons. The first-order valence-electron chi connectivity index (χ1n) is 6.16. The molecule has 0 amide bonds. The zero-order valence-corrected chi connectivity index (χ0v) is 10.7. The molecule has 0 aromatic rings. The molecule has 4 saturated carbocycles. The van der Waals surface area contributed by atoms with Crippen LogP contribution in [-0.2, 0) is 0 Å². The molecule has 4 aliphatic carbocycles. The van der Waals surface area contributed by atoms with Gasteiger partial charge in [0.1, 0.15) is 0 Å². The molecule has 4 fully saturated rings. The fourth-order valence-corrected chi connectivity index (χ4v) is 6.99.